The second-order valence-electron chi connectivity index (χ2n) is 3.22. The molecular weight excluding hydrogens is 152 g/mol. The fourth-order valence-electron chi connectivity index (χ4n) is 1.50. The first-order valence-corrected chi connectivity index (χ1v) is 4.54. The molecule has 12 heavy (non-hydrogen) atoms. The van der Waals surface area contributed by atoms with E-state index < -0.39 is 0 Å². The molecule has 1 atom stereocenters. The van der Waals surface area contributed by atoms with E-state index in [4.69, 9.17) is 10.00 Å². The van der Waals surface area contributed by atoms with Crippen LogP contribution >= 0.6 is 0 Å². The van der Waals surface area contributed by atoms with Gasteiger partial charge in [0, 0.05) is 13.2 Å². The number of nitriles is 1. The molecule has 0 radical (unpaired) electrons. The van der Waals surface area contributed by atoms with Gasteiger partial charge in [0.15, 0.2) is 0 Å². The number of hydrogen-bond acceptors (Lipinski definition) is 3. The van der Waals surface area contributed by atoms with Gasteiger partial charge in [0.25, 0.3) is 0 Å². The van der Waals surface area contributed by atoms with Gasteiger partial charge in [0.05, 0.1) is 19.2 Å². The van der Waals surface area contributed by atoms with Gasteiger partial charge in [0.1, 0.15) is 0 Å². The summed E-state index contributed by atoms with van der Waals surface area (Å²) < 4.78 is 5.27. The first kappa shape index (κ1) is 9.50. The van der Waals surface area contributed by atoms with Crippen molar-refractivity contribution in [3.8, 4) is 6.07 Å². The van der Waals surface area contributed by atoms with Gasteiger partial charge in [0.2, 0.25) is 0 Å². The van der Waals surface area contributed by atoms with Gasteiger partial charge < -0.3 is 4.74 Å². The van der Waals surface area contributed by atoms with Crippen LogP contribution in [0.5, 0.6) is 0 Å². The molecular formula is C9H16N2O. The Hall–Kier alpha value is -0.590. The van der Waals surface area contributed by atoms with Crippen LogP contribution in [0.2, 0.25) is 0 Å². The normalized spacial score (nSPS) is 22.9. The Morgan fingerprint density at radius 3 is 3.00 bits per heavy atom. The summed E-state index contributed by atoms with van der Waals surface area (Å²) in [6.07, 6.45) is 1.15. The molecule has 0 bridgehead atoms. The first-order valence-electron chi connectivity index (χ1n) is 4.54. The SMILES string of the molecule is CCN(CC#N)CC1CCOC1. The highest BCUT2D eigenvalue weighted by Crippen LogP contribution is 2.13. The Morgan fingerprint density at radius 1 is 1.67 bits per heavy atom. The lowest BCUT2D eigenvalue weighted by molar-refractivity contribution is 0.172. The van der Waals surface area contributed by atoms with Crippen LogP contribution in [0.15, 0.2) is 0 Å². The van der Waals surface area contributed by atoms with Gasteiger partial charge in [-0.3, -0.25) is 4.90 Å². The summed E-state index contributed by atoms with van der Waals surface area (Å²) in [5.74, 6) is 0.651. The summed E-state index contributed by atoms with van der Waals surface area (Å²) >= 11 is 0. The van der Waals surface area contributed by atoms with E-state index in [1.54, 1.807) is 0 Å². The minimum Gasteiger partial charge on any atom is -0.381 e. The minimum absolute atomic E-state index is 0.549. The molecule has 1 rings (SSSR count). The summed E-state index contributed by atoms with van der Waals surface area (Å²) in [4.78, 5) is 2.17. The molecule has 1 saturated heterocycles. The van der Waals surface area contributed by atoms with Gasteiger partial charge >= 0.3 is 0 Å². The maximum atomic E-state index is 8.52. The summed E-state index contributed by atoms with van der Waals surface area (Å²) in [5, 5.41) is 8.52. The number of hydrogen-bond donors (Lipinski definition) is 0. The van der Waals surface area contributed by atoms with Crippen LogP contribution in [0, 0.1) is 17.2 Å². The highest BCUT2D eigenvalue weighted by molar-refractivity contribution is 4.78. The molecule has 68 valence electrons. The molecule has 3 nitrogen and oxygen atoms in total. The van der Waals surface area contributed by atoms with E-state index in [0.29, 0.717) is 12.5 Å². The standard InChI is InChI=1S/C9H16N2O/c1-2-11(5-4-10)7-9-3-6-12-8-9/h9H,2-3,5-8H2,1H3. The third-order valence-corrected chi connectivity index (χ3v) is 2.28. The van der Waals surface area contributed by atoms with Crippen LogP contribution < -0.4 is 0 Å². The Kier molecular flexibility index (Phi) is 4.06. The fraction of sp³-hybridized carbons (Fsp3) is 0.889. The Labute approximate surface area is 73.9 Å². The molecule has 1 aliphatic rings. The highest BCUT2D eigenvalue weighted by Gasteiger charge is 2.17. The van der Waals surface area contributed by atoms with Crippen molar-refractivity contribution in [3.05, 3.63) is 0 Å². The monoisotopic (exact) mass is 168 g/mol. The van der Waals surface area contributed by atoms with Gasteiger partial charge in [-0.2, -0.15) is 5.26 Å². The van der Waals surface area contributed by atoms with E-state index in [2.05, 4.69) is 17.9 Å². The Balaban J connectivity index is 2.21. The van der Waals surface area contributed by atoms with Crippen molar-refractivity contribution < 1.29 is 4.74 Å². The third-order valence-electron chi connectivity index (χ3n) is 2.28. The van der Waals surface area contributed by atoms with Gasteiger partial charge in [-0.1, -0.05) is 6.92 Å². The molecule has 0 spiro atoms. The van der Waals surface area contributed by atoms with E-state index in [1.165, 1.54) is 0 Å². The molecule has 0 aromatic carbocycles. The van der Waals surface area contributed by atoms with Gasteiger partial charge in [-0.15, -0.1) is 0 Å². The minimum atomic E-state index is 0.549. The van der Waals surface area contributed by atoms with Crippen molar-refractivity contribution in [2.75, 3.05) is 32.8 Å². The molecule has 1 heterocycles. The van der Waals surface area contributed by atoms with Gasteiger partial charge in [-0.25, -0.2) is 0 Å². The smallest absolute Gasteiger partial charge is 0.0866 e. The van der Waals surface area contributed by atoms with E-state index in [0.717, 1.165) is 32.7 Å². The van der Waals surface area contributed by atoms with E-state index >= 15 is 0 Å². The molecule has 1 unspecified atom stereocenters. The van der Waals surface area contributed by atoms with Crippen LogP contribution in [0.25, 0.3) is 0 Å². The van der Waals surface area contributed by atoms with Crippen LogP contribution in [-0.2, 0) is 4.74 Å². The molecule has 0 aromatic heterocycles. The Morgan fingerprint density at radius 2 is 2.50 bits per heavy atom. The van der Waals surface area contributed by atoms with E-state index in [-0.39, 0.29) is 0 Å². The summed E-state index contributed by atoms with van der Waals surface area (Å²) in [6, 6.07) is 2.18. The van der Waals surface area contributed by atoms with Crippen molar-refractivity contribution in [1.29, 1.82) is 5.26 Å². The zero-order valence-electron chi connectivity index (χ0n) is 7.62. The molecule has 0 N–H and O–H groups in total. The van der Waals surface area contributed by atoms with E-state index in [1.807, 2.05) is 0 Å². The molecule has 1 aliphatic heterocycles. The molecule has 1 fully saturated rings. The number of nitrogens with zero attached hydrogens (tertiary/aromatic N) is 2. The molecule has 0 saturated carbocycles. The average molecular weight is 168 g/mol. The topological polar surface area (TPSA) is 36.3 Å². The predicted molar refractivity (Wildman–Crippen MR) is 46.7 cm³/mol. The maximum absolute atomic E-state index is 8.52. The zero-order chi connectivity index (χ0) is 8.81. The predicted octanol–water partition coefficient (Wildman–Crippen LogP) is 0.868. The van der Waals surface area contributed by atoms with Crippen molar-refractivity contribution in [1.82, 2.24) is 4.90 Å². The summed E-state index contributed by atoms with van der Waals surface area (Å²) in [7, 11) is 0. The second-order valence-corrected chi connectivity index (χ2v) is 3.22. The summed E-state index contributed by atoms with van der Waals surface area (Å²) in [5.41, 5.74) is 0. The third kappa shape index (κ3) is 2.80. The lowest BCUT2D eigenvalue weighted by Gasteiger charge is -2.19. The quantitative estimate of drug-likeness (QED) is 0.584. The lowest BCUT2D eigenvalue weighted by atomic mass is 10.1. The first-order chi connectivity index (χ1) is 5.86. The largest absolute Gasteiger partial charge is 0.381 e. The fourth-order valence-corrected chi connectivity index (χ4v) is 1.50. The van der Waals surface area contributed by atoms with Gasteiger partial charge in [-0.05, 0) is 18.9 Å². The summed E-state index contributed by atoms with van der Waals surface area (Å²) in [6.45, 7) is 6.39. The average Bonchev–Trinajstić information content (AvgIpc) is 2.56. The number of ether oxygens (including phenoxy) is 1. The van der Waals surface area contributed by atoms with Crippen molar-refractivity contribution in [2.24, 2.45) is 5.92 Å². The molecule has 0 aliphatic carbocycles. The van der Waals surface area contributed by atoms with Crippen LogP contribution in [0.3, 0.4) is 0 Å². The van der Waals surface area contributed by atoms with Crippen molar-refractivity contribution in [2.45, 2.75) is 13.3 Å². The lowest BCUT2D eigenvalue weighted by Crippen LogP contribution is -2.30. The molecule has 0 aromatic rings. The van der Waals surface area contributed by atoms with Crippen LogP contribution in [0.4, 0.5) is 0 Å². The second kappa shape index (κ2) is 5.13. The number of rotatable bonds is 4. The zero-order valence-corrected chi connectivity index (χ0v) is 7.62. The molecule has 0 amide bonds. The highest BCUT2D eigenvalue weighted by atomic mass is 16.5. The van der Waals surface area contributed by atoms with Crippen molar-refractivity contribution >= 4 is 0 Å². The maximum Gasteiger partial charge on any atom is 0.0866 e. The van der Waals surface area contributed by atoms with E-state index in [9.17, 15) is 0 Å². The Bertz CT molecular complexity index is 158. The molecule has 3 heteroatoms. The van der Waals surface area contributed by atoms with Crippen molar-refractivity contribution in [3.63, 3.8) is 0 Å². The van der Waals surface area contributed by atoms with Crippen LogP contribution in [-0.4, -0.2) is 37.7 Å². The van der Waals surface area contributed by atoms with Crippen LogP contribution in [0.1, 0.15) is 13.3 Å².